The van der Waals surface area contributed by atoms with Gasteiger partial charge in [0.15, 0.2) is 0 Å². The quantitative estimate of drug-likeness (QED) is 0.439. The molecule has 156 valence electrons. The molecule has 1 aromatic carbocycles. The standard InChI is InChI=1S/C27H27N3O/c1-18-6-3-9-23-24(25(17-28)29-2)16-22(31-27(18)23)11-10-19-14-20-7-4-12-30-13-5-8-21(15-19)26(20)30/h10-11,14-16,18H,3-9,12-13H2,1H3/b11-10+,25-24+. The van der Waals surface area contributed by atoms with E-state index in [1.54, 1.807) is 0 Å². The number of nitriles is 1. The summed E-state index contributed by atoms with van der Waals surface area (Å²) in [5.74, 6) is 1.96. The van der Waals surface area contributed by atoms with E-state index >= 15 is 0 Å². The summed E-state index contributed by atoms with van der Waals surface area (Å²) in [6.45, 7) is 12.0. The SMILES string of the molecule is [C-]#[N+]/C(C#N)=C1C=C(/C=C/c2cc3c4c(c2)CCCN4CCC3)OC2=C\1CCCC2C. The predicted octanol–water partition coefficient (Wildman–Crippen LogP) is 6.08. The van der Waals surface area contributed by atoms with Crippen LogP contribution in [0.2, 0.25) is 0 Å². The van der Waals surface area contributed by atoms with Crippen LogP contribution in [0.4, 0.5) is 5.69 Å². The van der Waals surface area contributed by atoms with Crippen LogP contribution >= 0.6 is 0 Å². The number of hydrogen-bond donors (Lipinski definition) is 0. The van der Waals surface area contributed by atoms with Crippen molar-refractivity contribution in [2.45, 2.75) is 51.9 Å². The third-order valence-corrected chi connectivity index (χ3v) is 6.92. The molecule has 0 N–H and O–H groups in total. The molecule has 4 heteroatoms. The molecule has 0 saturated carbocycles. The molecule has 0 saturated heterocycles. The molecule has 0 aromatic heterocycles. The Morgan fingerprint density at radius 1 is 1.16 bits per heavy atom. The summed E-state index contributed by atoms with van der Waals surface area (Å²) in [4.78, 5) is 6.05. The van der Waals surface area contributed by atoms with Crippen molar-refractivity contribution in [3.63, 3.8) is 0 Å². The number of aryl methyl sites for hydroxylation is 2. The van der Waals surface area contributed by atoms with E-state index in [1.165, 1.54) is 48.3 Å². The lowest BCUT2D eigenvalue weighted by Crippen LogP contribution is -2.34. The van der Waals surface area contributed by atoms with Crippen molar-refractivity contribution in [2.24, 2.45) is 5.92 Å². The monoisotopic (exact) mass is 409 g/mol. The fourth-order valence-corrected chi connectivity index (χ4v) is 5.50. The average molecular weight is 410 g/mol. The molecule has 1 atom stereocenters. The van der Waals surface area contributed by atoms with E-state index in [4.69, 9.17) is 11.3 Å². The molecule has 4 aliphatic rings. The molecule has 0 bridgehead atoms. The highest BCUT2D eigenvalue weighted by Gasteiger charge is 2.29. The van der Waals surface area contributed by atoms with Crippen LogP contribution in [0, 0.1) is 23.8 Å². The van der Waals surface area contributed by atoms with Crippen LogP contribution in [0.25, 0.3) is 10.9 Å². The first kappa shape index (κ1) is 19.7. The number of anilines is 1. The summed E-state index contributed by atoms with van der Waals surface area (Å²) in [5, 5.41) is 9.49. The van der Waals surface area contributed by atoms with E-state index < -0.39 is 0 Å². The lowest BCUT2D eigenvalue weighted by molar-refractivity contribution is 0.243. The fraction of sp³-hybridized carbons (Fsp3) is 0.407. The molecule has 4 nitrogen and oxygen atoms in total. The smallest absolute Gasteiger partial charge is 0.269 e. The molecule has 31 heavy (non-hydrogen) atoms. The van der Waals surface area contributed by atoms with E-state index in [0.29, 0.717) is 11.7 Å². The van der Waals surface area contributed by atoms with Crippen LogP contribution in [-0.2, 0) is 17.6 Å². The summed E-state index contributed by atoms with van der Waals surface area (Å²) in [6.07, 6.45) is 13.8. The highest BCUT2D eigenvalue weighted by atomic mass is 16.5. The molecule has 0 radical (unpaired) electrons. The largest absolute Gasteiger partial charge is 0.461 e. The summed E-state index contributed by atoms with van der Waals surface area (Å²) in [5.41, 5.74) is 7.57. The van der Waals surface area contributed by atoms with Crippen molar-refractivity contribution >= 4 is 11.8 Å². The zero-order valence-corrected chi connectivity index (χ0v) is 18.1. The minimum atomic E-state index is 0.161. The first-order valence-electron chi connectivity index (χ1n) is 11.4. The topological polar surface area (TPSA) is 40.6 Å². The predicted molar refractivity (Wildman–Crippen MR) is 123 cm³/mol. The van der Waals surface area contributed by atoms with Gasteiger partial charge in [-0.25, -0.2) is 10.1 Å². The van der Waals surface area contributed by atoms with Gasteiger partial charge in [-0.05, 0) is 91.5 Å². The summed E-state index contributed by atoms with van der Waals surface area (Å²) < 4.78 is 6.29. The summed E-state index contributed by atoms with van der Waals surface area (Å²) in [7, 11) is 0. The Kier molecular flexibility index (Phi) is 5.16. The van der Waals surface area contributed by atoms with Crippen molar-refractivity contribution in [2.75, 3.05) is 18.0 Å². The number of hydrogen-bond acceptors (Lipinski definition) is 3. The Balaban J connectivity index is 1.50. The second-order valence-electron chi connectivity index (χ2n) is 8.99. The molecular weight excluding hydrogens is 382 g/mol. The molecule has 1 aliphatic carbocycles. The molecule has 1 unspecified atom stereocenters. The molecule has 1 aromatic rings. The van der Waals surface area contributed by atoms with Crippen molar-refractivity contribution < 1.29 is 4.74 Å². The normalized spacial score (nSPS) is 23.9. The highest BCUT2D eigenvalue weighted by Crippen LogP contribution is 2.41. The first-order valence-corrected chi connectivity index (χ1v) is 11.4. The van der Waals surface area contributed by atoms with Crippen LogP contribution in [0.5, 0.6) is 0 Å². The summed E-state index contributed by atoms with van der Waals surface area (Å²) in [6, 6.07) is 6.73. The third kappa shape index (κ3) is 3.57. The van der Waals surface area contributed by atoms with E-state index in [9.17, 15) is 5.26 Å². The Labute approximate surface area is 184 Å². The van der Waals surface area contributed by atoms with Gasteiger partial charge >= 0.3 is 0 Å². The number of benzene rings is 1. The average Bonchev–Trinajstić information content (AvgIpc) is 2.79. The maximum atomic E-state index is 9.49. The molecule has 3 heterocycles. The first-order chi connectivity index (χ1) is 15.2. The maximum Gasteiger partial charge on any atom is 0.269 e. The zero-order valence-electron chi connectivity index (χ0n) is 18.1. The van der Waals surface area contributed by atoms with Crippen LogP contribution in [0.1, 0.15) is 55.7 Å². The zero-order chi connectivity index (χ0) is 21.4. The Bertz CT molecular complexity index is 1090. The van der Waals surface area contributed by atoms with Crippen molar-refractivity contribution in [3.8, 4) is 6.07 Å². The van der Waals surface area contributed by atoms with Gasteiger partial charge in [-0.15, -0.1) is 0 Å². The van der Waals surface area contributed by atoms with E-state index in [0.717, 1.165) is 49.0 Å². The molecule has 5 rings (SSSR count). The van der Waals surface area contributed by atoms with E-state index in [1.807, 2.05) is 12.2 Å². The van der Waals surface area contributed by atoms with E-state index in [-0.39, 0.29) is 5.70 Å². The van der Waals surface area contributed by atoms with Gasteiger partial charge in [0.25, 0.3) is 5.70 Å². The number of allylic oxidation sites excluding steroid dienone is 6. The molecule has 0 spiro atoms. The molecular formula is C27H27N3O. The number of ether oxygens (including phenoxy) is 1. The third-order valence-electron chi connectivity index (χ3n) is 6.92. The lowest BCUT2D eigenvalue weighted by Gasteiger charge is -2.37. The van der Waals surface area contributed by atoms with Gasteiger partial charge in [0, 0.05) is 30.3 Å². The van der Waals surface area contributed by atoms with Crippen molar-refractivity contribution in [1.82, 2.24) is 0 Å². The van der Waals surface area contributed by atoms with Gasteiger partial charge in [-0.1, -0.05) is 13.0 Å². The minimum absolute atomic E-state index is 0.161. The van der Waals surface area contributed by atoms with Gasteiger partial charge in [0.2, 0.25) is 0 Å². The van der Waals surface area contributed by atoms with Crippen LogP contribution < -0.4 is 4.90 Å². The van der Waals surface area contributed by atoms with E-state index in [2.05, 4.69) is 40.9 Å². The Morgan fingerprint density at radius 2 is 1.90 bits per heavy atom. The van der Waals surface area contributed by atoms with Crippen LogP contribution in [0.15, 0.2) is 52.6 Å². The maximum absolute atomic E-state index is 9.49. The number of rotatable bonds is 2. The second kappa shape index (κ2) is 8.12. The number of nitrogens with zero attached hydrogens (tertiary/aromatic N) is 3. The molecule has 0 amide bonds. The minimum Gasteiger partial charge on any atom is -0.461 e. The van der Waals surface area contributed by atoms with Gasteiger partial charge in [-0.3, -0.25) is 0 Å². The van der Waals surface area contributed by atoms with Gasteiger partial charge in [0.05, 0.1) is 12.6 Å². The van der Waals surface area contributed by atoms with Crippen LogP contribution in [0.3, 0.4) is 0 Å². The van der Waals surface area contributed by atoms with Crippen LogP contribution in [-0.4, -0.2) is 13.1 Å². The Hall–Kier alpha value is -3.24. The van der Waals surface area contributed by atoms with Gasteiger partial charge < -0.3 is 9.64 Å². The summed E-state index contributed by atoms with van der Waals surface area (Å²) >= 11 is 0. The molecule has 3 aliphatic heterocycles. The van der Waals surface area contributed by atoms with Gasteiger partial charge in [0.1, 0.15) is 11.5 Å². The van der Waals surface area contributed by atoms with Gasteiger partial charge in [-0.2, -0.15) is 0 Å². The fourth-order valence-electron chi connectivity index (χ4n) is 5.50. The Morgan fingerprint density at radius 3 is 2.58 bits per heavy atom. The highest BCUT2D eigenvalue weighted by molar-refractivity contribution is 5.68. The van der Waals surface area contributed by atoms with Crippen molar-refractivity contribution in [1.29, 1.82) is 5.26 Å². The second-order valence-corrected chi connectivity index (χ2v) is 8.99. The van der Waals surface area contributed by atoms with Crippen molar-refractivity contribution in [3.05, 3.63) is 80.8 Å². The molecule has 0 fully saturated rings. The lowest BCUT2D eigenvalue weighted by atomic mass is 9.84.